The topological polar surface area (TPSA) is 56.8 Å². The van der Waals surface area contributed by atoms with Crippen molar-refractivity contribution in [3.05, 3.63) is 53.8 Å². The summed E-state index contributed by atoms with van der Waals surface area (Å²) < 4.78 is 29.1. The van der Waals surface area contributed by atoms with Crippen LogP contribution in [0.1, 0.15) is 16.8 Å². The third-order valence-corrected chi connectivity index (χ3v) is 3.35. The van der Waals surface area contributed by atoms with Crippen molar-refractivity contribution in [1.82, 2.24) is 5.32 Å². The molecule has 0 spiro atoms. The van der Waals surface area contributed by atoms with Gasteiger partial charge in [-0.05, 0) is 30.7 Å². The number of carbonyl (C=O) groups excluding carboxylic acids is 1. The van der Waals surface area contributed by atoms with Gasteiger partial charge in [0.2, 0.25) is 0 Å². The van der Waals surface area contributed by atoms with Crippen molar-refractivity contribution in [2.75, 3.05) is 27.4 Å². The predicted octanol–water partition coefficient (Wildman–Crippen LogP) is 3.04. The third kappa shape index (κ3) is 4.38. The van der Waals surface area contributed by atoms with Crippen molar-refractivity contribution in [1.29, 1.82) is 0 Å². The summed E-state index contributed by atoms with van der Waals surface area (Å²) in [6.45, 7) is 0.699. The first-order valence-corrected chi connectivity index (χ1v) is 7.54. The van der Waals surface area contributed by atoms with Gasteiger partial charge in [0.05, 0.1) is 26.4 Å². The average molecular weight is 333 g/mol. The zero-order chi connectivity index (χ0) is 17.4. The molecule has 0 saturated heterocycles. The molecule has 0 fully saturated rings. The van der Waals surface area contributed by atoms with Crippen LogP contribution < -0.4 is 19.5 Å². The number of hydrogen-bond donors (Lipinski definition) is 1. The van der Waals surface area contributed by atoms with Gasteiger partial charge >= 0.3 is 0 Å². The van der Waals surface area contributed by atoms with E-state index in [1.54, 1.807) is 36.4 Å². The number of para-hydroxylation sites is 2. The Hall–Kier alpha value is -2.76. The summed E-state index contributed by atoms with van der Waals surface area (Å²) in [5.74, 6) is 0.422. The second-order valence-electron chi connectivity index (χ2n) is 4.93. The molecule has 2 aromatic rings. The minimum atomic E-state index is -0.400. The van der Waals surface area contributed by atoms with Gasteiger partial charge < -0.3 is 19.5 Å². The molecule has 0 aliphatic carbocycles. The molecule has 2 rings (SSSR count). The molecule has 24 heavy (non-hydrogen) atoms. The molecule has 0 aliphatic rings. The van der Waals surface area contributed by atoms with Crippen LogP contribution in [0.4, 0.5) is 4.39 Å². The lowest BCUT2D eigenvalue weighted by molar-refractivity contribution is 0.0947. The maximum atomic E-state index is 13.4. The van der Waals surface area contributed by atoms with Gasteiger partial charge in [-0.2, -0.15) is 0 Å². The van der Waals surface area contributed by atoms with E-state index in [1.807, 2.05) is 0 Å². The highest BCUT2D eigenvalue weighted by Crippen LogP contribution is 2.30. The highest BCUT2D eigenvalue weighted by Gasteiger charge is 2.15. The second kappa shape index (κ2) is 8.76. The van der Waals surface area contributed by atoms with Crippen molar-refractivity contribution >= 4 is 5.91 Å². The average Bonchev–Trinajstić information content (AvgIpc) is 2.61. The Morgan fingerprint density at radius 2 is 1.79 bits per heavy atom. The van der Waals surface area contributed by atoms with Crippen LogP contribution in [0.15, 0.2) is 42.5 Å². The van der Waals surface area contributed by atoms with Gasteiger partial charge in [0.25, 0.3) is 5.91 Å². The van der Waals surface area contributed by atoms with Gasteiger partial charge in [-0.15, -0.1) is 0 Å². The lowest BCUT2D eigenvalue weighted by Crippen LogP contribution is -2.26. The van der Waals surface area contributed by atoms with E-state index in [4.69, 9.17) is 14.2 Å². The zero-order valence-corrected chi connectivity index (χ0v) is 13.7. The van der Waals surface area contributed by atoms with E-state index >= 15 is 0 Å². The highest BCUT2D eigenvalue weighted by molar-refractivity contribution is 5.97. The molecular formula is C18H20FNO4. The van der Waals surface area contributed by atoms with E-state index in [9.17, 15) is 9.18 Å². The summed E-state index contributed by atoms with van der Waals surface area (Å²) in [5, 5.41) is 2.78. The molecule has 128 valence electrons. The van der Waals surface area contributed by atoms with E-state index in [2.05, 4.69) is 5.32 Å². The summed E-state index contributed by atoms with van der Waals surface area (Å²) in [6.07, 6.45) is 0.548. The first kappa shape index (κ1) is 17.6. The largest absolute Gasteiger partial charge is 0.493 e. The molecular weight excluding hydrogens is 313 g/mol. The van der Waals surface area contributed by atoms with Crippen LogP contribution in [0.25, 0.3) is 0 Å². The van der Waals surface area contributed by atoms with Gasteiger partial charge in [0.1, 0.15) is 0 Å². The van der Waals surface area contributed by atoms with Crippen LogP contribution >= 0.6 is 0 Å². The van der Waals surface area contributed by atoms with Gasteiger partial charge in [-0.1, -0.05) is 18.2 Å². The van der Waals surface area contributed by atoms with Crippen LogP contribution in [0.3, 0.4) is 0 Å². The molecule has 6 heteroatoms. The first-order chi connectivity index (χ1) is 11.7. The van der Waals surface area contributed by atoms with Gasteiger partial charge in [-0.3, -0.25) is 4.79 Å². The van der Waals surface area contributed by atoms with Crippen LogP contribution in [-0.2, 0) is 0 Å². The molecule has 0 atom stereocenters. The molecule has 1 amide bonds. The quantitative estimate of drug-likeness (QED) is 0.755. The number of benzene rings is 2. The lowest BCUT2D eigenvalue weighted by Gasteiger charge is -2.12. The summed E-state index contributed by atoms with van der Waals surface area (Å²) in [4.78, 5) is 12.2. The predicted molar refractivity (Wildman–Crippen MR) is 88.4 cm³/mol. The Labute approximate surface area is 140 Å². The minimum absolute atomic E-state index is 0.207. The maximum absolute atomic E-state index is 13.4. The minimum Gasteiger partial charge on any atom is -0.493 e. The number of carbonyl (C=O) groups is 1. The van der Waals surface area contributed by atoms with Crippen LogP contribution in [0.2, 0.25) is 0 Å². The molecule has 2 aromatic carbocycles. The van der Waals surface area contributed by atoms with E-state index < -0.39 is 5.82 Å². The highest BCUT2D eigenvalue weighted by atomic mass is 19.1. The van der Waals surface area contributed by atoms with Gasteiger partial charge in [-0.25, -0.2) is 4.39 Å². The van der Waals surface area contributed by atoms with Crippen LogP contribution in [0, 0.1) is 5.82 Å². The van der Waals surface area contributed by atoms with Crippen molar-refractivity contribution in [2.45, 2.75) is 6.42 Å². The molecule has 0 radical (unpaired) electrons. The fourth-order valence-corrected chi connectivity index (χ4v) is 2.18. The zero-order valence-electron chi connectivity index (χ0n) is 13.7. The number of amides is 1. The smallest absolute Gasteiger partial charge is 0.255 e. The molecule has 0 heterocycles. The van der Waals surface area contributed by atoms with Gasteiger partial charge in [0, 0.05) is 6.54 Å². The molecule has 1 N–H and O–H groups in total. The van der Waals surface area contributed by atoms with Crippen molar-refractivity contribution in [3.8, 4) is 17.2 Å². The standard InChI is InChI=1S/C18H20FNO4/c1-22-16-10-5-7-13(17(16)23-2)18(21)20-11-6-12-24-15-9-4-3-8-14(15)19/h3-5,7-10H,6,11-12H2,1-2H3,(H,20,21). The third-order valence-electron chi connectivity index (χ3n) is 3.35. The fraction of sp³-hybridized carbons (Fsp3) is 0.278. The van der Waals surface area contributed by atoms with Crippen molar-refractivity contribution in [3.63, 3.8) is 0 Å². The number of rotatable bonds is 8. The number of halogens is 1. The van der Waals surface area contributed by atoms with E-state index in [1.165, 1.54) is 20.3 Å². The van der Waals surface area contributed by atoms with Crippen LogP contribution in [0.5, 0.6) is 17.2 Å². The molecule has 0 aromatic heterocycles. The Balaban J connectivity index is 1.83. The fourth-order valence-electron chi connectivity index (χ4n) is 2.18. The molecule has 5 nitrogen and oxygen atoms in total. The van der Waals surface area contributed by atoms with Gasteiger partial charge in [0.15, 0.2) is 23.1 Å². The number of hydrogen-bond acceptors (Lipinski definition) is 4. The summed E-state index contributed by atoms with van der Waals surface area (Å²) in [5.41, 5.74) is 0.395. The monoisotopic (exact) mass is 333 g/mol. The Morgan fingerprint density at radius 1 is 1.04 bits per heavy atom. The number of methoxy groups -OCH3 is 2. The normalized spacial score (nSPS) is 10.1. The number of ether oxygens (including phenoxy) is 3. The van der Waals surface area contributed by atoms with E-state index in [0.717, 1.165) is 0 Å². The van der Waals surface area contributed by atoms with Crippen molar-refractivity contribution < 1.29 is 23.4 Å². The summed E-state index contributed by atoms with van der Waals surface area (Å²) in [6, 6.07) is 11.3. The second-order valence-corrected chi connectivity index (χ2v) is 4.93. The molecule has 0 unspecified atom stereocenters. The Morgan fingerprint density at radius 3 is 2.50 bits per heavy atom. The number of nitrogens with one attached hydrogen (secondary N) is 1. The summed E-state index contributed by atoms with van der Waals surface area (Å²) >= 11 is 0. The van der Waals surface area contributed by atoms with Crippen molar-refractivity contribution in [2.24, 2.45) is 0 Å². The SMILES string of the molecule is COc1cccc(C(=O)NCCCOc2ccccc2F)c1OC. The molecule has 0 bridgehead atoms. The Kier molecular flexibility index (Phi) is 6.42. The lowest BCUT2D eigenvalue weighted by atomic mass is 10.1. The van der Waals surface area contributed by atoms with E-state index in [0.29, 0.717) is 36.6 Å². The molecule has 0 aliphatic heterocycles. The first-order valence-electron chi connectivity index (χ1n) is 7.54. The maximum Gasteiger partial charge on any atom is 0.255 e. The van der Waals surface area contributed by atoms with E-state index in [-0.39, 0.29) is 11.7 Å². The Bertz CT molecular complexity index is 690. The summed E-state index contributed by atoms with van der Waals surface area (Å²) in [7, 11) is 3.00. The van der Waals surface area contributed by atoms with Crippen LogP contribution in [-0.4, -0.2) is 33.3 Å². The molecule has 0 saturated carbocycles.